The zero-order valence-corrected chi connectivity index (χ0v) is 26.6. The molecule has 0 saturated heterocycles. The topological polar surface area (TPSA) is 123 Å². The fourth-order valence-electron chi connectivity index (χ4n) is 5.08. The summed E-state index contributed by atoms with van der Waals surface area (Å²) in [7, 11) is -9.67. The number of nitrogens with one attached hydrogen (secondary N) is 1. The van der Waals surface area contributed by atoms with Crippen LogP contribution >= 0.6 is 46.3 Å². The predicted molar refractivity (Wildman–Crippen MR) is 166 cm³/mol. The monoisotopic (exact) mass is 673 g/mol. The lowest BCUT2D eigenvalue weighted by Crippen LogP contribution is -2.50. The molecule has 0 amide bonds. The summed E-state index contributed by atoms with van der Waals surface area (Å²) in [4.78, 5) is 15.5. The van der Waals surface area contributed by atoms with Crippen molar-refractivity contribution in [3.63, 3.8) is 0 Å². The first-order valence-electron chi connectivity index (χ1n) is 12.6. The molecule has 1 aromatic carbocycles. The number of sulfonamides is 2. The number of fused-ring (bicyclic) bond motifs is 3. The van der Waals surface area contributed by atoms with Gasteiger partial charge >= 0.3 is 0 Å². The van der Waals surface area contributed by atoms with E-state index in [0.717, 1.165) is 25.2 Å². The molecule has 4 aromatic rings. The van der Waals surface area contributed by atoms with E-state index in [9.17, 15) is 16.8 Å². The minimum atomic E-state index is -4.88. The number of aromatic nitrogens is 3. The van der Waals surface area contributed by atoms with Crippen LogP contribution in [0.1, 0.15) is 19.4 Å². The molecule has 6 rings (SSSR count). The van der Waals surface area contributed by atoms with E-state index in [4.69, 9.17) is 23.2 Å². The number of anilines is 1. The molecule has 2 aliphatic heterocycles. The Morgan fingerprint density at radius 1 is 1.17 bits per heavy atom. The Bertz CT molecular complexity index is 1910. The molecule has 0 saturated carbocycles. The smallest absolute Gasteiger partial charge is 0.296 e. The van der Waals surface area contributed by atoms with Crippen LogP contribution in [-0.4, -0.2) is 76.7 Å². The number of thioether (sulfide) groups is 1. The molecule has 0 bridgehead atoms. The van der Waals surface area contributed by atoms with E-state index in [1.807, 2.05) is 6.07 Å². The minimum Gasteiger partial charge on any atom is -0.359 e. The van der Waals surface area contributed by atoms with E-state index in [1.165, 1.54) is 50.9 Å². The number of benzene rings is 1. The van der Waals surface area contributed by atoms with E-state index < -0.39 is 35.9 Å². The number of imidazole rings is 1. The van der Waals surface area contributed by atoms with E-state index in [-0.39, 0.29) is 10.8 Å². The van der Waals surface area contributed by atoms with Crippen LogP contribution in [0.3, 0.4) is 0 Å². The van der Waals surface area contributed by atoms with Gasteiger partial charge in [0.2, 0.25) is 5.03 Å². The number of thiazole rings is 1. The molecule has 11 nitrogen and oxygen atoms in total. The normalized spacial score (nSPS) is 19.1. The highest BCUT2D eigenvalue weighted by atomic mass is 35.5. The van der Waals surface area contributed by atoms with Crippen LogP contribution in [0, 0.1) is 0 Å². The number of alkyl halides is 1. The number of amidine groups is 1. The van der Waals surface area contributed by atoms with Crippen molar-refractivity contribution in [2.24, 2.45) is 4.99 Å². The van der Waals surface area contributed by atoms with Gasteiger partial charge in [-0.3, -0.25) is 4.40 Å². The average Bonchev–Trinajstić information content (AvgIpc) is 3.72. The van der Waals surface area contributed by atoms with Crippen LogP contribution in [0.4, 0.5) is 5.69 Å². The zero-order valence-electron chi connectivity index (χ0n) is 21.8. The summed E-state index contributed by atoms with van der Waals surface area (Å²) in [5, 5.41) is 2.08. The Kier molecular flexibility index (Phi) is 7.58. The third kappa shape index (κ3) is 4.65. The second-order valence-corrected chi connectivity index (χ2v) is 15.6. The first kappa shape index (κ1) is 28.8. The maximum Gasteiger partial charge on any atom is 0.296 e. The highest BCUT2D eigenvalue weighted by molar-refractivity contribution is 8.16. The summed E-state index contributed by atoms with van der Waals surface area (Å²) >= 11 is 15.2. The fraction of sp³-hybridized carbons (Fsp3) is 0.333. The van der Waals surface area contributed by atoms with Crippen LogP contribution in [0.25, 0.3) is 15.9 Å². The summed E-state index contributed by atoms with van der Waals surface area (Å²) in [6.07, 6.45) is 5.49. The summed E-state index contributed by atoms with van der Waals surface area (Å²) in [6, 6.07) is 4.94. The van der Waals surface area contributed by atoms with Crippen molar-refractivity contribution in [3.8, 4) is 0 Å². The highest BCUT2D eigenvalue weighted by Gasteiger charge is 2.52. The molecule has 0 radical (unpaired) electrons. The van der Waals surface area contributed by atoms with Crippen molar-refractivity contribution in [1.82, 2.24) is 24.2 Å². The minimum absolute atomic E-state index is 0.0778. The maximum atomic E-state index is 14.6. The molecule has 41 heavy (non-hydrogen) atoms. The second kappa shape index (κ2) is 10.8. The standard InChI is InChI=1S/C24H25Cl2N7O4S4/c1-3-30(4-2)9-8-15-14-27-18-16(15)6-5-7-17(18)33(40(34,35)21-19(25)28-23-31(21)10-12-38-23)41(36,37)22-20(26)29-24-32(22)11-13-39-24/h5-7,10-14,19,21,27H,3-4,8-9H2,1-2H3. The Hall–Kier alpha value is -2.27. The van der Waals surface area contributed by atoms with Crippen LogP contribution < -0.4 is 3.71 Å². The number of hydrogen-bond donors (Lipinski definition) is 1. The van der Waals surface area contributed by atoms with Crippen molar-refractivity contribution in [3.05, 3.63) is 58.3 Å². The van der Waals surface area contributed by atoms with Crippen molar-refractivity contribution in [1.29, 1.82) is 0 Å². The van der Waals surface area contributed by atoms with E-state index in [0.29, 0.717) is 31.2 Å². The first-order chi connectivity index (χ1) is 19.6. The Morgan fingerprint density at radius 3 is 2.71 bits per heavy atom. The van der Waals surface area contributed by atoms with Gasteiger partial charge in [-0.25, -0.2) is 18.4 Å². The number of nitrogens with zero attached hydrogens (tertiary/aromatic N) is 6. The molecule has 3 aromatic heterocycles. The second-order valence-electron chi connectivity index (χ2n) is 9.29. The van der Waals surface area contributed by atoms with Gasteiger partial charge in [0.05, 0.1) is 11.2 Å². The fourth-order valence-corrected chi connectivity index (χ4v) is 12.1. The van der Waals surface area contributed by atoms with Crippen molar-refractivity contribution in [2.75, 3.05) is 23.3 Å². The van der Waals surface area contributed by atoms with E-state index >= 15 is 0 Å². The van der Waals surface area contributed by atoms with Crippen LogP contribution in [-0.2, 0) is 26.5 Å². The number of rotatable bonds is 10. The molecule has 2 aliphatic rings. The molecular formula is C24H25Cl2N7O4S4. The summed E-state index contributed by atoms with van der Waals surface area (Å²) in [5.74, 6) is 0. The van der Waals surface area contributed by atoms with Gasteiger partial charge in [-0.15, -0.1) is 11.3 Å². The summed E-state index contributed by atoms with van der Waals surface area (Å²) in [5.41, 5.74) is -0.0367. The molecule has 2 unspecified atom stereocenters. The molecule has 5 heterocycles. The predicted octanol–water partition coefficient (Wildman–Crippen LogP) is 4.72. The van der Waals surface area contributed by atoms with Crippen LogP contribution in [0.15, 0.2) is 57.6 Å². The number of H-pyrrole nitrogens is 1. The largest absolute Gasteiger partial charge is 0.359 e. The van der Waals surface area contributed by atoms with Crippen LogP contribution in [0.5, 0.6) is 0 Å². The van der Waals surface area contributed by atoms with Gasteiger partial charge in [0.15, 0.2) is 26.2 Å². The molecule has 0 spiro atoms. The molecule has 0 fully saturated rings. The number of aromatic amines is 1. The van der Waals surface area contributed by atoms with Gasteiger partial charge in [-0.2, -0.15) is 12.1 Å². The lowest BCUT2D eigenvalue weighted by atomic mass is 10.1. The van der Waals surface area contributed by atoms with Gasteiger partial charge < -0.3 is 14.8 Å². The van der Waals surface area contributed by atoms with Gasteiger partial charge in [0.25, 0.3) is 20.0 Å². The Balaban J connectivity index is 1.54. The SMILES string of the molecule is CCN(CC)CCc1c[nH]c2c(N(S(=O)(=O)c3c(Cl)nc4sccn34)S(=O)(=O)C3C(Cl)N=C4SC=CN43)cccc12. The number of hydrogen-bond acceptors (Lipinski definition) is 10. The van der Waals surface area contributed by atoms with Crippen molar-refractivity contribution < 1.29 is 16.8 Å². The quantitative estimate of drug-likeness (QED) is 0.190. The van der Waals surface area contributed by atoms with Crippen LogP contribution in [0.2, 0.25) is 5.15 Å². The molecular weight excluding hydrogens is 649 g/mol. The van der Waals surface area contributed by atoms with Gasteiger partial charge in [0, 0.05) is 35.9 Å². The van der Waals surface area contributed by atoms with Crippen molar-refractivity contribution >= 4 is 93.1 Å². The maximum absolute atomic E-state index is 14.6. The van der Waals surface area contributed by atoms with E-state index in [1.54, 1.807) is 23.1 Å². The molecule has 1 N–H and O–H groups in total. The zero-order chi connectivity index (χ0) is 29.1. The first-order valence-corrected chi connectivity index (χ1v) is 18.2. The Morgan fingerprint density at radius 2 is 1.95 bits per heavy atom. The molecule has 218 valence electrons. The third-order valence-electron chi connectivity index (χ3n) is 7.10. The summed E-state index contributed by atoms with van der Waals surface area (Å²) in [6.45, 7) is 6.76. The highest BCUT2D eigenvalue weighted by Crippen LogP contribution is 2.42. The van der Waals surface area contributed by atoms with Gasteiger partial charge in [-0.05, 0) is 36.5 Å². The number of halogens is 2. The van der Waals surface area contributed by atoms with Crippen molar-refractivity contribution in [2.45, 2.75) is 36.2 Å². The third-order valence-corrected chi connectivity index (χ3v) is 14.0. The lowest BCUT2D eigenvalue weighted by molar-refractivity contribution is 0.308. The Labute approximate surface area is 255 Å². The molecule has 0 aliphatic carbocycles. The van der Waals surface area contributed by atoms with Gasteiger partial charge in [0.1, 0.15) is 0 Å². The summed E-state index contributed by atoms with van der Waals surface area (Å²) < 4.78 is 59.9. The number of likely N-dealkylation sites (N-methyl/N-ethyl adjacent to an activating group) is 1. The number of aliphatic imine (C=N–C) groups is 1. The average molecular weight is 675 g/mol. The molecule has 2 atom stereocenters. The van der Waals surface area contributed by atoms with E-state index in [2.05, 4.69) is 33.7 Å². The number of para-hydroxylation sites is 1. The van der Waals surface area contributed by atoms with Gasteiger partial charge in [-0.1, -0.05) is 60.9 Å². The lowest BCUT2D eigenvalue weighted by Gasteiger charge is -2.30. The molecule has 17 heteroatoms.